The van der Waals surface area contributed by atoms with Gasteiger partial charge in [0.05, 0.1) is 0 Å². The van der Waals surface area contributed by atoms with E-state index < -0.39 is 0 Å². The summed E-state index contributed by atoms with van der Waals surface area (Å²) in [4.78, 5) is 25.2. The number of nitrogens with one attached hydrogen (secondary N) is 2. The fourth-order valence-electron chi connectivity index (χ4n) is 3.04. The van der Waals surface area contributed by atoms with E-state index in [-0.39, 0.29) is 5.91 Å². The van der Waals surface area contributed by atoms with Gasteiger partial charge in [0.2, 0.25) is 5.95 Å². The summed E-state index contributed by atoms with van der Waals surface area (Å²) in [6, 6.07) is 1.86. The van der Waals surface area contributed by atoms with Gasteiger partial charge in [0.25, 0.3) is 5.91 Å². The molecule has 29 heavy (non-hydrogen) atoms. The fraction of sp³-hybridized carbons (Fsp3) is 0.522. The third-order valence-corrected chi connectivity index (χ3v) is 4.52. The molecule has 2 aromatic rings. The summed E-state index contributed by atoms with van der Waals surface area (Å²) in [6.07, 6.45) is 11.8. The molecular formula is C23H37N5O. The summed E-state index contributed by atoms with van der Waals surface area (Å²) in [5.74, 6) is 0.754. The molecule has 0 aromatic carbocycles. The number of carbonyl (C=O) groups excluding carboxylic acids is 1. The van der Waals surface area contributed by atoms with Gasteiger partial charge in [-0.05, 0) is 55.9 Å². The van der Waals surface area contributed by atoms with E-state index in [0.29, 0.717) is 5.69 Å². The molecule has 3 rings (SSSR count). The van der Waals surface area contributed by atoms with Crippen LogP contribution in [-0.4, -0.2) is 42.0 Å². The number of nitrogens with zero attached hydrogens (tertiary/aromatic N) is 3. The molecule has 0 fully saturated rings. The van der Waals surface area contributed by atoms with Crippen LogP contribution in [0.3, 0.4) is 0 Å². The molecule has 160 valence electrons. The Hall–Kier alpha value is -2.63. The van der Waals surface area contributed by atoms with E-state index in [9.17, 15) is 4.79 Å². The molecule has 1 aliphatic rings. The Kier molecular flexibility index (Phi) is 10.7. The average Bonchev–Trinajstić information content (AvgIpc) is 3.18. The van der Waals surface area contributed by atoms with Gasteiger partial charge in [0, 0.05) is 38.4 Å². The van der Waals surface area contributed by atoms with Crippen molar-refractivity contribution < 1.29 is 4.79 Å². The highest BCUT2D eigenvalue weighted by Gasteiger charge is 2.12. The number of aromatic amines is 1. The summed E-state index contributed by atoms with van der Waals surface area (Å²) in [5.41, 5.74) is 3.21. The van der Waals surface area contributed by atoms with Crippen molar-refractivity contribution in [1.82, 2.24) is 20.3 Å². The van der Waals surface area contributed by atoms with E-state index in [4.69, 9.17) is 0 Å². The second-order valence-electron chi connectivity index (χ2n) is 6.78. The second kappa shape index (κ2) is 12.8. The smallest absolute Gasteiger partial charge is 0.267 e. The quantitative estimate of drug-likeness (QED) is 0.832. The molecule has 0 aliphatic heterocycles. The fourth-order valence-corrected chi connectivity index (χ4v) is 3.04. The van der Waals surface area contributed by atoms with Crippen LogP contribution in [0.25, 0.3) is 12.2 Å². The molecule has 1 aliphatic carbocycles. The van der Waals surface area contributed by atoms with Crippen molar-refractivity contribution in [1.29, 1.82) is 0 Å². The molecule has 6 nitrogen and oxygen atoms in total. The number of anilines is 1. The molecule has 0 radical (unpaired) electrons. The lowest BCUT2D eigenvalue weighted by molar-refractivity contribution is 0.0958. The Morgan fingerprint density at radius 2 is 1.97 bits per heavy atom. The zero-order valence-electron chi connectivity index (χ0n) is 19.1. The highest BCUT2D eigenvalue weighted by Crippen LogP contribution is 2.19. The topological polar surface area (TPSA) is 73.9 Å². The number of hydrogen-bond donors (Lipinski definition) is 2. The molecule has 0 bridgehead atoms. The van der Waals surface area contributed by atoms with E-state index in [1.54, 1.807) is 7.05 Å². The van der Waals surface area contributed by atoms with Gasteiger partial charge in [-0.3, -0.25) is 4.79 Å². The van der Waals surface area contributed by atoms with Crippen LogP contribution in [0.15, 0.2) is 12.3 Å². The van der Waals surface area contributed by atoms with Crippen LogP contribution in [0.5, 0.6) is 0 Å². The summed E-state index contributed by atoms with van der Waals surface area (Å²) in [5, 5.41) is 4.69. The Morgan fingerprint density at radius 1 is 1.28 bits per heavy atom. The Labute approximate surface area is 175 Å². The summed E-state index contributed by atoms with van der Waals surface area (Å²) in [6.45, 7) is 8.03. The Balaban J connectivity index is 0.000000268. The van der Waals surface area contributed by atoms with Crippen LogP contribution in [-0.2, 0) is 12.8 Å². The molecular weight excluding hydrogens is 362 g/mol. The Morgan fingerprint density at radius 3 is 2.55 bits per heavy atom. The zero-order chi connectivity index (χ0) is 21.8. The third-order valence-electron chi connectivity index (χ3n) is 4.52. The van der Waals surface area contributed by atoms with E-state index in [0.717, 1.165) is 35.8 Å². The summed E-state index contributed by atoms with van der Waals surface area (Å²) < 4.78 is 0. The van der Waals surface area contributed by atoms with Crippen molar-refractivity contribution >= 4 is 24.0 Å². The maximum atomic E-state index is 11.3. The van der Waals surface area contributed by atoms with Crippen LogP contribution in [0.2, 0.25) is 0 Å². The number of rotatable bonds is 3. The Bertz CT molecular complexity index is 883. The molecule has 0 spiro atoms. The second-order valence-corrected chi connectivity index (χ2v) is 6.78. The molecule has 2 N–H and O–H groups in total. The lowest BCUT2D eigenvalue weighted by atomic mass is 9.98. The minimum Gasteiger partial charge on any atom is -0.354 e. The standard InChI is InChI=1S/C11H16N2O.C10H15N3.C2H6/c1-4-6-9-8(5-2)7-10(13-9)11(14)12-3;1-13(2)10-11-7-8-5-3-4-6-9(8)12-10;1-2/h5-7,13H,4H2,1-3H3,(H,12,14);7H,3-6H2,1-2H3;1-2H3/b8-5-,9-6+;;. The van der Waals surface area contributed by atoms with Gasteiger partial charge in [0.15, 0.2) is 0 Å². The van der Waals surface area contributed by atoms with E-state index >= 15 is 0 Å². The van der Waals surface area contributed by atoms with Crippen molar-refractivity contribution in [3.8, 4) is 0 Å². The normalized spacial score (nSPS) is 13.5. The number of aryl methyl sites for hydroxylation is 2. The van der Waals surface area contributed by atoms with Gasteiger partial charge in [0.1, 0.15) is 5.69 Å². The predicted octanol–water partition coefficient (Wildman–Crippen LogP) is 2.81. The highest BCUT2D eigenvalue weighted by molar-refractivity contribution is 5.92. The van der Waals surface area contributed by atoms with Gasteiger partial charge in [-0.15, -0.1) is 0 Å². The lowest BCUT2D eigenvalue weighted by Gasteiger charge is -2.17. The lowest BCUT2D eigenvalue weighted by Crippen LogP contribution is -2.22. The largest absolute Gasteiger partial charge is 0.354 e. The first-order valence-corrected chi connectivity index (χ1v) is 10.6. The zero-order valence-corrected chi connectivity index (χ0v) is 19.1. The summed E-state index contributed by atoms with van der Waals surface area (Å²) in [7, 11) is 5.58. The molecule has 0 atom stereocenters. The molecule has 0 unspecified atom stereocenters. The van der Waals surface area contributed by atoms with Crippen LogP contribution < -0.4 is 20.8 Å². The molecule has 6 heteroatoms. The minimum absolute atomic E-state index is 0.0798. The number of aromatic nitrogens is 3. The van der Waals surface area contributed by atoms with Gasteiger partial charge >= 0.3 is 0 Å². The first-order chi connectivity index (χ1) is 14.0. The SMILES string of the molecule is C/C=c1/cc(C(=O)NC)[nH]/c1=C/CC.CC.CN(C)c1ncc2c(n1)CCCC2. The van der Waals surface area contributed by atoms with Gasteiger partial charge in [-0.2, -0.15) is 0 Å². The number of H-pyrrole nitrogens is 1. The van der Waals surface area contributed by atoms with Crippen LogP contribution >= 0.6 is 0 Å². The van der Waals surface area contributed by atoms with Crippen molar-refractivity contribution in [2.45, 2.75) is 59.8 Å². The third kappa shape index (κ3) is 7.04. The van der Waals surface area contributed by atoms with Gasteiger partial charge in [-0.1, -0.05) is 32.9 Å². The van der Waals surface area contributed by atoms with Crippen LogP contribution in [0.1, 0.15) is 68.7 Å². The minimum atomic E-state index is -0.0798. The van der Waals surface area contributed by atoms with Gasteiger partial charge in [-0.25, -0.2) is 9.97 Å². The molecule has 1 amide bonds. The maximum absolute atomic E-state index is 11.3. The predicted molar refractivity (Wildman–Crippen MR) is 123 cm³/mol. The van der Waals surface area contributed by atoms with Gasteiger partial charge < -0.3 is 15.2 Å². The van der Waals surface area contributed by atoms with Crippen LogP contribution in [0, 0.1) is 0 Å². The van der Waals surface area contributed by atoms with Crippen molar-refractivity contribution in [3.05, 3.63) is 39.8 Å². The van der Waals surface area contributed by atoms with E-state index in [1.165, 1.54) is 24.1 Å². The molecule has 2 aromatic heterocycles. The van der Waals surface area contributed by atoms with Crippen molar-refractivity contribution in [2.75, 3.05) is 26.0 Å². The number of fused-ring (bicyclic) bond motifs is 1. The molecule has 0 saturated heterocycles. The summed E-state index contributed by atoms with van der Waals surface area (Å²) >= 11 is 0. The van der Waals surface area contributed by atoms with Crippen molar-refractivity contribution in [2.24, 2.45) is 0 Å². The highest BCUT2D eigenvalue weighted by atomic mass is 16.1. The monoisotopic (exact) mass is 399 g/mol. The number of amides is 1. The van der Waals surface area contributed by atoms with Crippen molar-refractivity contribution in [3.63, 3.8) is 0 Å². The number of carbonyl (C=O) groups is 1. The van der Waals surface area contributed by atoms with E-state index in [1.807, 2.05) is 58.1 Å². The average molecular weight is 400 g/mol. The first-order valence-electron chi connectivity index (χ1n) is 10.6. The first kappa shape index (κ1) is 24.4. The van der Waals surface area contributed by atoms with E-state index in [2.05, 4.69) is 33.3 Å². The van der Waals surface area contributed by atoms with Crippen LogP contribution in [0.4, 0.5) is 5.95 Å². The molecule has 2 heterocycles. The molecule has 0 saturated carbocycles. The number of hydrogen-bond acceptors (Lipinski definition) is 4. The maximum Gasteiger partial charge on any atom is 0.267 e.